The van der Waals surface area contributed by atoms with E-state index in [1.165, 1.54) is 21.7 Å². The van der Waals surface area contributed by atoms with E-state index in [-0.39, 0.29) is 0 Å². The molecule has 3 heterocycles. The quantitative estimate of drug-likeness (QED) is 0.562. The molecule has 148 valence electrons. The lowest BCUT2D eigenvalue weighted by Gasteiger charge is -2.24. The molecule has 1 atom stereocenters. The van der Waals surface area contributed by atoms with Crippen molar-refractivity contribution in [2.75, 3.05) is 18.2 Å². The Hall–Kier alpha value is -2.66. The van der Waals surface area contributed by atoms with Crippen LogP contribution in [0.25, 0.3) is 0 Å². The third-order valence-corrected chi connectivity index (χ3v) is 6.83. The highest BCUT2D eigenvalue weighted by atomic mass is 32.2. The highest BCUT2D eigenvalue weighted by molar-refractivity contribution is 7.99. The number of ether oxygens (including phenoxy) is 2. The lowest BCUT2D eigenvalue weighted by molar-refractivity contribution is 0.174. The average Bonchev–Trinajstić information content (AvgIpc) is 3.11. The van der Waals surface area contributed by atoms with Gasteiger partial charge in [-0.3, -0.25) is 4.98 Å². The fourth-order valence-electron chi connectivity index (χ4n) is 3.98. The number of benzene rings is 2. The standard InChI is InChI=1S/C24H24N2O2S/c1-16-6-8-20-24(12-16)29-23(18-7-9-21-22(13-18)28-15-27-21)10-11-26(20)14-19-5-3-4-17(2)25-19/h3-9,12-13,23H,10-11,14-15H2,1-2H3/t23-/m1/s1. The molecule has 0 unspecified atom stereocenters. The maximum Gasteiger partial charge on any atom is 0.231 e. The van der Waals surface area contributed by atoms with E-state index in [4.69, 9.17) is 14.5 Å². The maximum atomic E-state index is 5.61. The first-order valence-corrected chi connectivity index (χ1v) is 10.9. The van der Waals surface area contributed by atoms with Gasteiger partial charge in [0, 0.05) is 22.4 Å². The first-order chi connectivity index (χ1) is 14.2. The zero-order valence-electron chi connectivity index (χ0n) is 16.7. The van der Waals surface area contributed by atoms with Gasteiger partial charge in [-0.15, -0.1) is 11.8 Å². The van der Waals surface area contributed by atoms with Gasteiger partial charge < -0.3 is 14.4 Å². The molecule has 0 saturated carbocycles. The number of aromatic nitrogens is 1. The largest absolute Gasteiger partial charge is 0.454 e. The Labute approximate surface area is 175 Å². The third kappa shape index (κ3) is 3.79. The predicted octanol–water partition coefficient (Wildman–Crippen LogP) is 5.67. The molecule has 1 aromatic heterocycles. The number of thioether (sulfide) groups is 1. The third-order valence-electron chi connectivity index (χ3n) is 5.45. The number of pyridine rings is 1. The molecular weight excluding hydrogens is 380 g/mol. The summed E-state index contributed by atoms with van der Waals surface area (Å²) in [6.45, 7) is 6.34. The summed E-state index contributed by atoms with van der Waals surface area (Å²) in [5.74, 6) is 1.70. The Morgan fingerprint density at radius 2 is 1.93 bits per heavy atom. The molecule has 0 saturated heterocycles. The average molecular weight is 405 g/mol. The van der Waals surface area contributed by atoms with Crippen LogP contribution in [0.3, 0.4) is 0 Å². The maximum absolute atomic E-state index is 5.61. The van der Waals surface area contributed by atoms with Gasteiger partial charge in [0.1, 0.15) is 0 Å². The monoisotopic (exact) mass is 404 g/mol. The minimum absolute atomic E-state index is 0.315. The molecule has 29 heavy (non-hydrogen) atoms. The minimum atomic E-state index is 0.315. The first kappa shape index (κ1) is 18.4. The van der Waals surface area contributed by atoms with Gasteiger partial charge in [-0.1, -0.05) is 18.2 Å². The number of anilines is 1. The van der Waals surface area contributed by atoms with Crippen LogP contribution in [0.2, 0.25) is 0 Å². The van der Waals surface area contributed by atoms with E-state index in [2.05, 4.69) is 67.3 Å². The van der Waals surface area contributed by atoms with E-state index >= 15 is 0 Å². The second-order valence-corrected chi connectivity index (χ2v) is 8.92. The van der Waals surface area contributed by atoms with Crippen molar-refractivity contribution in [2.24, 2.45) is 0 Å². The summed E-state index contributed by atoms with van der Waals surface area (Å²) in [4.78, 5) is 8.53. The summed E-state index contributed by atoms with van der Waals surface area (Å²) in [5.41, 5.74) is 6.06. The Bertz CT molecular complexity index is 1050. The molecule has 0 radical (unpaired) electrons. The van der Waals surface area contributed by atoms with Crippen LogP contribution in [0.1, 0.15) is 34.2 Å². The van der Waals surface area contributed by atoms with Gasteiger partial charge in [0.2, 0.25) is 6.79 Å². The zero-order chi connectivity index (χ0) is 19.8. The van der Waals surface area contributed by atoms with Gasteiger partial charge in [0.25, 0.3) is 0 Å². The van der Waals surface area contributed by atoms with Crippen molar-refractivity contribution in [2.45, 2.75) is 37.0 Å². The lowest BCUT2D eigenvalue weighted by Crippen LogP contribution is -2.24. The molecular formula is C24H24N2O2S. The zero-order valence-corrected chi connectivity index (χ0v) is 17.5. The highest BCUT2D eigenvalue weighted by Gasteiger charge is 2.25. The predicted molar refractivity (Wildman–Crippen MR) is 117 cm³/mol. The van der Waals surface area contributed by atoms with Crippen molar-refractivity contribution in [1.29, 1.82) is 0 Å². The summed E-state index contributed by atoms with van der Waals surface area (Å²) < 4.78 is 11.1. The summed E-state index contributed by atoms with van der Waals surface area (Å²) in [5, 5.41) is 0.375. The molecule has 0 amide bonds. The topological polar surface area (TPSA) is 34.6 Å². The number of aryl methyl sites for hydroxylation is 2. The molecule has 2 aliphatic heterocycles. The van der Waals surface area contributed by atoms with E-state index < -0.39 is 0 Å². The Kier molecular flexibility index (Phi) is 4.84. The minimum Gasteiger partial charge on any atom is -0.454 e. The van der Waals surface area contributed by atoms with Gasteiger partial charge in [-0.25, -0.2) is 0 Å². The van der Waals surface area contributed by atoms with E-state index in [0.29, 0.717) is 12.0 Å². The molecule has 2 aromatic carbocycles. The highest BCUT2D eigenvalue weighted by Crippen LogP contribution is 2.47. The molecule has 5 heteroatoms. The molecule has 0 fully saturated rings. The van der Waals surface area contributed by atoms with Crippen molar-refractivity contribution < 1.29 is 9.47 Å². The lowest BCUT2D eigenvalue weighted by atomic mass is 10.1. The second-order valence-electron chi connectivity index (χ2n) is 7.67. The van der Waals surface area contributed by atoms with Crippen LogP contribution in [0.4, 0.5) is 5.69 Å². The van der Waals surface area contributed by atoms with Gasteiger partial charge in [-0.2, -0.15) is 0 Å². The Morgan fingerprint density at radius 3 is 2.83 bits per heavy atom. The summed E-state index contributed by atoms with van der Waals surface area (Å²) in [6.07, 6.45) is 1.06. The van der Waals surface area contributed by atoms with Gasteiger partial charge >= 0.3 is 0 Å². The summed E-state index contributed by atoms with van der Waals surface area (Å²) >= 11 is 1.95. The van der Waals surface area contributed by atoms with Gasteiger partial charge in [-0.05, 0) is 67.8 Å². The number of hydrogen-bond acceptors (Lipinski definition) is 5. The van der Waals surface area contributed by atoms with Crippen molar-refractivity contribution in [3.63, 3.8) is 0 Å². The second kappa shape index (κ2) is 7.64. The number of fused-ring (bicyclic) bond motifs is 2. The molecule has 3 aromatic rings. The molecule has 2 aliphatic rings. The molecule has 4 nitrogen and oxygen atoms in total. The fraction of sp³-hybridized carbons (Fsp3) is 0.292. The van der Waals surface area contributed by atoms with Crippen molar-refractivity contribution in [1.82, 2.24) is 4.98 Å². The van der Waals surface area contributed by atoms with Crippen molar-refractivity contribution >= 4 is 17.4 Å². The molecule has 0 N–H and O–H groups in total. The SMILES string of the molecule is Cc1ccc2c(c1)S[C@@H](c1ccc3c(c1)OCO3)CCN2Cc1cccc(C)n1. The number of hydrogen-bond donors (Lipinski definition) is 0. The molecule has 5 rings (SSSR count). The van der Waals surface area contributed by atoms with E-state index in [1.807, 2.05) is 17.8 Å². The Balaban J connectivity index is 1.47. The molecule has 0 bridgehead atoms. The van der Waals surface area contributed by atoms with Gasteiger partial charge in [0.05, 0.1) is 17.9 Å². The number of nitrogens with zero attached hydrogens (tertiary/aromatic N) is 2. The fourth-order valence-corrected chi connectivity index (χ4v) is 5.36. The van der Waals surface area contributed by atoms with Crippen LogP contribution in [0.5, 0.6) is 11.5 Å². The van der Waals surface area contributed by atoms with E-state index in [0.717, 1.165) is 42.4 Å². The Morgan fingerprint density at radius 1 is 1.03 bits per heavy atom. The summed E-state index contributed by atoms with van der Waals surface area (Å²) in [7, 11) is 0. The van der Waals surface area contributed by atoms with Crippen molar-refractivity contribution in [3.8, 4) is 11.5 Å². The van der Waals surface area contributed by atoms with Gasteiger partial charge in [0.15, 0.2) is 11.5 Å². The van der Waals surface area contributed by atoms with Crippen LogP contribution in [0, 0.1) is 13.8 Å². The van der Waals surface area contributed by atoms with Crippen LogP contribution >= 0.6 is 11.8 Å². The molecule has 0 spiro atoms. The smallest absolute Gasteiger partial charge is 0.231 e. The van der Waals surface area contributed by atoms with E-state index in [9.17, 15) is 0 Å². The van der Waals surface area contributed by atoms with Crippen molar-refractivity contribution in [3.05, 3.63) is 77.1 Å². The van der Waals surface area contributed by atoms with Crippen LogP contribution < -0.4 is 14.4 Å². The van der Waals surface area contributed by atoms with E-state index in [1.54, 1.807) is 0 Å². The van der Waals surface area contributed by atoms with Crippen LogP contribution in [-0.4, -0.2) is 18.3 Å². The molecule has 0 aliphatic carbocycles. The van der Waals surface area contributed by atoms with Crippen LogP contribution in [0.15, 0.2) is 59.5 Å². The number of rotatable bonds is 3. The van der Waals surface area contributed by atoms with Crippen LogP contribution in [-0.2, 0) is 6.54 Å². The summed E-state index contributed by atoms with van der Waals surface area (Å²) in [6, 6.07) is 19.4. The normalized spacial score (nSPS) is 17.7. The first-order valence-electron chi connectivity index (χ1n) is 10.00.